The van der Waals surface area contributed by atoms with Crippen molar-refractivity contribution in [2.75, 3.05) is 43.2 Å². The minimum Gasteiger partial charge on any atom is -0.368 e. The van der Waals surface area contributed by atoms with Crippen molar-refractivity contribution < 1.29 is 36.0 Å². The molecule has 1 aromatic carbocycles. The molecule has 39 heavy (non-hydrogen) atoms. The number of hydrogen-bond acceptors (Lipinski definition) is 9. The summed E-state index contributed by atoms with van der Waals surface area (Å²) < 4.78 is 81.7. The molecule has 1 aromatic heterocycles. The number of aromatic nitrogens is 1. The van der Waals surface area contributed by atoms with E-state index in [0.717, 1.165) is 6.07 Å². The Morgan fingerprint density at radius 3 is 2.23 bits per heavy atom. The molecule has 0 amide bonds. The Balaban J connectivity index is 1.85. The lowest BCUT2D eigenvalue weighted by Gasteiger charge is -2.42. The Kier molecular flexibility index (Phi) is 7.73. The van der Waals surface area contributed by atoms with Crippen molar-refractivity contribution in [3.63, 3.8) is 0 Å². The molecule has 0 radical (unpaired) electrons. The van der Waals surface area contributed by atoms with Gasteiger partial charge in [0.1, 0.15) is 0 Å². The number of carbonyl (C=O) groups is 1. The molecule has 4 rings (SSSR count). The number of nitrogens with zero attached hydrogens (tertiary/aromatic N) is 5. The highest BCUT2D eigenvalue weighted by molar-refractivity contribution is 5.82. The normalized spacial score (nSPS) is 21.3. The Morgan fingerprint density at radius 2 is 1.67 bits per heavy atom. The summed E-state index contributed by atoms with van der Waals surface area (Å²) in [6, 6.07) is 6.68. The van der Waals surface area contributed by atoms with Crippen molar-refractivity contribution in [3.8, 4) is 11.3 Å². The summed E-state index contributed by atoms with van der Waals surface area (Å²) in [4.78, 5) is 25.7. The molecule has 4 N–H and O–H groups in total. The zero-order chi connectivity index (χ0) is 28.9. The number of hydroxylamine groups is 1. The molecule has 2 aliphatic rings. The van der Waals surface area contributed by atoms with E-state index in [4.69, 9.17) is 11.5 Å². The van der Waals surface area contributed by atoms with E-state index in [1.54, 1.807) is 6.07 Å². The maximum atomic E-state index is 14.2. The van der Waals surface area contributed by atoms with Gasteiger partial charge in [-0.15, -0.1) is 0 Å². The van der Waals surface area contributed by atoms with Crippen LogP contribution in [0.5, 0.6) is 0 Å². The number of alkyl halides is 6. The van der Waals surface area contributed by atoms with E-state index in [0.29, 0.717) is 31.2 Å². The number of carbonyl (C=O) groups excluding carboxylic acids is 1. The van der Waals surface area contributed by atoms with Gasteiger partial charge in [-0.1, -0.05) is 12.1 Å². The molecular weight excluding hydrogens is 532 g/mol. The number of fused-ring (bicyclic) bond motifs is 1. The smallest absolute Gasteiger partial charge is 0.368 e. The lowest BCUT2D eigenvalue weighted by molar-refractivity contribution is -0.204. The van der Waals surface area contributed by atoms with Crippen LogP contribution in [-0.4, -0.2) is 72.5 Å². The average molecular weight is 562 g/mol. The van der Waals surface area contributed by atoms with Gasteiger partial charge in [0, 0.05) is 49.0 Å². The lowest BCUT2D eigenvalue weighted by Crippen LogP contribution is -2.60. The Hall–Kier alpha value is -3.14. The van der Waals surface area contributed by atoms with Gasteiger partial charge in [-0.25, -0.2) is 9.78 Å². The third kappa shape index (κ3) is 5.62. The van der Waals surface area contributed by atoms with E-state index < -0.39 is 42.2 Å². The second-order valence-electron chi connectivity index (χ2n) is 9.65. The molecule has 3 heterocycles. The van der Waals surface area contributed by atoms with Crippen LogP contribution in [0.25, 0.3) is 11.3 Å². The van der Waals surface area contributed by atoms with Gasteiger partial charge < -0.3 is 15.5 Å². The highest BCUT2D eigenvalue weighted by Gasteiger charge is 2.46. The van der Waals surface area contributed by atoms with E-state index in [1.807, 2.05) is 18.7 Å². The number of halogens is 6. The first-order valence-corrected chi connectivity index (χ1v) is 12.1. The number of pyridine rings is 1. The van der Waals surface area contributed by atoms with Gasteiger partial charge in [-0.2, -0.15) is 31.4 Å². The molecule has 2 aliphatic heterocycles. The van der Waals surface area contributed by atoms with Crippen LogP contribution in [0.4, 0.5) is 37.8 Å². The minimum absolute atomic E-state index is 0.106. The maximum absolute atomic E-state index is 14.2. The number of rotatable bonds is 4. The summed E-state index contributed by atoms with van der Waals surface area (Å²) >= 11 is 0. The number of hydrogen-bond donors (Lipinski definition) is 2. The molecule has 2 atom stereocenters. The monoisotopic (exact) mass is 561 g/mol. The van der Waals surface area contributed by atoms with E-state index in [2.05, 4.69) is 14.7 Å². The van der Waals surface area contributed by atoms with Gasteiger partial charge in [0.05, 0.1) is 17.4 Å². The van der Waals surface area contributed by atoms with Crippen LogP contribution < -0.4 is 21.4 Å². The molecule has 0 bridgehead atoms. The van der Waals surface area contributed by atoms with E-state index in [9.17, 15) is 31.1 Å². The first-order chi connectivity index (χ1) is 18.1. The van der Waals surface area contributed by atoms with Crippen LogP contribution in [0.1, 0.15) is 31.1 Å². The third-order valence-corrected chi connectivity index (χ3v) is 6.93. The van der Waals surface area contributed by atoms with Crippen LogP contribution in [0, 0.1) is 0 Å². The average Bonchev–Trinajstić information content (AvgIpc) is 2.88. The van der Waals surface area contributed by atoms with Crippen molar-refractivity contribution in [2.45, 2.75) is 44.7 Å². The van der Waals surface area contributed by atoms with Crippen molar-refractivity contribution >= 4 is 17.5 Å². The molecule has 0 spiro atoms. The Morgan fingerprint density at radius 1 is 1.03 bits per heavy atom. The zero-order valence-corrected chi connectivity index (χ0v) is 21.4. The van der Waals surface area contributed by atoms with E-state index in [1.165, 1.54) is 30.1 Å². The molecule has 9 nitrogen and oxygen atoms in total. The molecule has 214 valence electrons. The number of anilines is 2. The summed E-state index contributed by atoms with van der Waals surface area (Å²) in [6.07, 6.45) is -12.6. The molecule has 15 heteroatoms. The predicted molar refractivity (Wildman–Crippen MR) is 131 cm³/mol. The van der Waals surface area contributed by atoms with Gasteiger partial charge in [0.25, 0.3) is 0 Å². The fraction of sp³-hybridized carbons (Fsp3) is 0.500. The first kappa shape index (κ1) is 28.9. The Labute approximate surface area is 220 Å². The quantitative estimate of drug-likeness (QED) is 0.545. The van der Waals surface area contributed by atoms with Crippen LogP contribution in [0.15, 0.2) is 30.3 Å². The van der Waals surface area contributed by atoms with E-state index in [-0.39, 0.29) is 28.6 Å². The molecular formula is C24H29F6N7O2. The molecule has 2 aromatic rings. The maximum Gasteiger partial charge on any atom is 0.493 e. The lowest BCUT2D eigenvalue weighted by atomic mass is 9.98. The molecule has 1 fully saturated rings. The third-order valence-electron chi connectivity index (χ3n) is 6.93. The predicted octanol–water partition coefficient (Wildman–Crippen LogP) is 3.27. The highest BCUT2D eigenvalue weighted by atomic mass is 19.4. The zero-order valence-electron chi connectivity index (χ0n) is 21.4. The van der Waals surface area contributed by atoms with Gasteiger partial charge >= 0.3 is 18.3 Å². The van der Waals surface area contributed by atoms with Crippen LogP contribution in [0.3, 0.4) is 0 Å². The van der Waals surface area contributed by atoms with Crippen molar-refractivity contribution in [1.82, 2.24) is 14.8 Å². The number of benzene rings is 1. The van der Waals surface area contributed by atoms with Gasteiger partial charge in [0.2, 0.25) is 0 Å². The molecule has 0 saturated carbocycles. The molecule has 1 saturated heterocycles. The summed E-state index contributed by atoms with van der Waals surface area (Å²) in [5.74, 6) is -2.96. The van der Waals surface area contributed by atoms with Crippen molar-refractivity contribution in [1.29, 1.82) is 0 Å². The van der Waals surface area contributed by atoms with Crippen LogP contribution >= 0.6 is 0 Å². The van der Waals surface area contributed by atoms with Crippen LogP contribution in [0.2, 0.25) is 0 Å². The number of piperazine rings is 1. The van der Waals surface area contributed by atoms with Gasteiger partial charge in [-0.3, -0.25) is 15.5 Å². The van der Waals surface area contributed by atoms with Crippen LogP contribution in [-0.2, 0) is 15.8 Å². The summed E-state index contributed by atoms with van der Waals surface area (Å²) in [5, 5.41) is 0.412. The SMILES string of the molecule is CC(C)N1CCN(c2cccc(C(F)(F)F)c2-c2ccc3c(n2)N(OC(=O)C(F)(F)F)C(N)N(C)C3N)CC1. The second kappa shape index (κ2) is 10.4. The van der Waals surface area contributed by atoms with E-state index >= 15 is 0 Å². The first-order valence-electron chi connectivity index (χ1n) is 12.1. The Bertz CT molecular complexity index is 1210. The fourth-order valence-corrected chi connectivity index (χ4v) is 4.71. The van der Waals surface area contributed by atoms with Gasteiger partial charge in [-0.05, 0) is 39.1 Å². The highest BCUT2D eigenvalue weighted by Crippen LogP contribution is 2.44. The largest absolute Gasteiger partial charge is 0.493 e. The number of nitrogens with two attached hydrogens (primary N) is 2. The topological polar surface area (TPSA) is 104 Å². The summed E-state index contributed by atoms with van der Waals surface area (Å²) in [7, 11) is 1.38. The standard InChI is InChI=1S/C24H29F6N7O2/c1-13(2)35-9-11-36(12-10-35)17-6-4-5-15(23(25,26)27)18(17)16-8-7-14-19(31)34(3)22(32)37(20(14)33-16)39-21(38)24(28,29)30/h4-8,13,19,22H,9-12,31-32H2,1-3H3. The summed E-state index contributed by atoms with van der Waals surface area (Å²) in [5.41, 5.74) is 11.1. The summed E-state index contributed by atoms with van der Waals surface area (Å²) in [6.45, 7) is 6.23. The molecule has 0 aliphatic carbocycles. The van der Waals surface area contributed by atoms with Crippen molar-refractivity contribution in [3.05, 3.63) is 41.5 Å². The van der Waals surface area contributed by atoms with Gasteiger partial charge in [0.15, 0.2) is 12.1 Å². The fourth-order valence-electron chi connectivity index (χ4n) is 4.71. The second-order valence-corrected chi connectivity index (χ2v) is 9.65. The molecule has 2 unspecified atom stereocenters. The minimum atomic E-state index is -5.36. The van der Waals surface area contributed by atoms with Crippen molar-refractivity contribution in [2.24, 2.45) is 11.5 Å².